The monoisotopic (exact) mass is 146 g/mol. The molecule has 56 valence electrons. The molecule has 0 fully saturated rings. The fourth-order valence-corrected chi connectivity index (χ4v) is 1.57. The minimum absolute atomic E-state index is 0.514. The number of rotatable bonds is 3. The molecule has 1 heteroatoms. The molecule has 0 rings (SSSR count). The van der Waals surface area contributed by atoms with Crippen LogP contribution in [0, 0.1) is 5.41 Å². The van der Waals surface area contributed by atoms with E-state index < -0.39 is 0 Å². The highest BCUT2D eigenvalue weighted by Crippen LogP contribution is 2.20. The SMILES string of the molecule is CCCSCC(C)(C)C. The van der Waals surface area contributed by atoms with Gasteiger partial charge >= 0.3 is 0 Å². The number of hydrogen-bond acceptors (Lipinski definition) is 1. The van der Waals surface area contributed by atoms with E-state index in [1.165, 1.54) is 17.9 Å². The molecule has 0 aliphatic carbocycles. The Morgan fingerprint density at radius 2 is 1.78 bits per heavy atom. The summed E-state index contributed by atoms with van der Waals surface area (Å²) in [5.41, 5.74) is 0.514. The van der Waals surface area contributed by atoms with Crippen molar-refractivity contribution in [2.45, 2.75) is 34.1 Å². The van der Waals surface area contributed by atoms with Gasteiger partial charge in [0, 0.05) is 0 Å². The van der Waals surface area contributed by atoms with E-state index in [1.54, 1.807) is 0 Å². The fourth-order valence-electron chi connectivity index (χ4n) is 0.523. The van der Waals surface area contributed by atoms with Crippen molar-refractivity contribution in [3.63, 3.8) is 0 Å². The predicted molar refractivity (Wildman–Crippen MR) is 47.1 cm³/mol. The van der Waals surface area contributed by atoms with Crippen LogP contribution in [0.4, 0.5) is 0 Å². The Morgan fingerprint density at radius 1 is 1.22 bits per heavy atom. The second-order valence-electron chi connectivity index (χ2n) is 3.61. The van der Waals surface area contributed by atoms with Gasteiger partial charge in [-0.3, -0.25) is 0 Å². The van der Waals surface area contributed by atoms with Gasteiger partial charge in [0.15, 0.2) is 0 Å². The molecule has 9 heavy (non-hydrogen) atoms. The Labute approximate surface area is 63.4 Å². The molecule has 0 aliphatic rings. The zero-order valence-corrected chi connectivity index (χ0v) is 7.85. The molecule has 0 nitrogen and oxygen atoms in total. The Hall–Kier alpha value is 0.350. The van der Waals surface area contributed by atoms with Gasteiger partial charge in [-0.05, 0) is 23.3 Å². The third kappa shape index (κ3) is 8.35. The lowest BCUT2D eigenvalue weighted by Gasteiger charge is -2.16. The first-order chi connectivity index (χ1) is 4.06. The van der Waals surface area contributed by atoms with Crippen molar-refractivity contribution in [1.82, 2.24) is 0 Å². The molecule has 0 saturated carbocycles. The maximum Gasteiger partial charge on any atom is -0.00187 e. The fraction of sp³-hybridized carbons (Fsp3) is 1.00. The van der Waals surface area contributed by atoms with Gasteiger partial charge in [-0.1, -0.05) is 27.7 Å². The molecule has 0 heterocycles. The third-order valence-electron chi connectivity index (χ3n) is 0.884. The molecule has 0 amide bonds. The molecule has 0 atom stereocenters. The van der Waals surface area contributed by atoms with E-state index in [2.05, 4.69) is 39.5 Å². The molecule has 0 aliphatic heterocycles. The summed E-state index contributed by atoms with van der Waals surface area (Å²) in [5, 5.41) is 0. The summed E-state index contributed by atoms with van der Waals surface area (Å²) in [6, 6.07) is 0. The van der Waals surface area contributed by atoms with E-state index in [1.807, 2.05) is 0 Å². The van der Waals surface area contributed by atoms with E-state index >= 15 is 0 Å². The first kappa shape index (κ1) is 9.35. The van der Waals surface area contributed by atoms with Crippen LogP contribution in [0.1, 0.15) is 34.1 Å². The van der Waals surface area contributed by atoms with Crippen molar-refractivity contribution >= 4 is 11.8 Å². The highest BCUT2D eigenvalue weighted by molar-refractivity contribution is 7.99. The van der Waals surface area contributed by atoms with Crippen molar-refractivity contribution in [3.05, 3.63) is 0 Å². The minimum Gasteiger partial charge on any atom is -0.161 e. The van der Waals surface area contributed by atoms with Crippen LogP contribution in [-0.4, -0.2) is 11.5 Å². The lowest BCUT2D eigenvalue weighted by molar-refractivity contribution is 0.481. The lowest BCUT2D eigenvalue weighted by Crippen LogP contribution is -2.08. The van der Waals surface area contributed by atoms with Gasteiger partial charge in [0.25, 0.3) is 0 Å². The maximum atomic E-state index is 2.29. The third-order valence-corrected chi connectivity index (χ3v) is 2.65. The summed E-state index contributed by atoms with van der Waals surface area (Å²) >= 11 is 2.06. The molecule has 0 aromatic rings. The van der Waals surface area contributed by atoms with Crippen molar-refractivity contribution in [1.29, 1.82) is 0 Å². The largest absolute Gasteiger partial charge is 0.161 e. The summed E-state index contributed by atoms with van der Waals surface area (Å²) < 4.78 is 0. The van der Waals surface area contributed by atoms with E-state index in [0.717, 1.165) is 0 Å². The van der Waals surface area contributed by atoms with Crippen LogP contribution in [0.15, 0.2) is 0 Å². The van der Waals surface area contributed by atoms with E-state index in [-0.39, 0.29) is 0 Å². The Bertz CT molecular complexity index is 61.5. The van der Waals surface area contributed by atoms with E-state index in [4.69, 9.17) is 0 Å². The van der Waals surface area contributed by atoms with Crippen LogP contribution in [0.5, 0.6) is 0 Å². The van der Waals surface area contributed by atoms with Gasteiger partial charge in [0.2, 0.25) is 0 Å². The lowest BCUT2D eigenvalue weighted by atomic mass is 10.0. The molecule has 0 aromatic carbocycles. The highest BCUT2D eigenvalue weighted by Gasteiger charge is 2.08. The van der Waals surface area contributed by atoms with Crippen molar-refractivity contribution < 1.29 is 0 Å². The molecule has 0 aromatic heterocycles. The standard InChI is InChI=1S/C8H18S/c1-5-6-9-7-8(2,3)4/h5-7H2,1-4H3. The predicted octanol–water partition coefficient (Wildman–Crippen LogP) is 3.18. The minimum atomic E-state index is 0.514. The summed E-state index contributed by atoms with van der Waals surface area (Å²) in [7, 11) is 0. The van der Waals surface area contributed by atoms with Crippen LogP contribution in [-0.2, 0) is 0 Å². The molecule has 0 radical (unpaired) electrons. The Morgan fingerprint density at radius 3 is 2.11 bits per heavy atom. The van der Waals surface area contributed by atoms with Gasteiger partial charge in [0.05, 0.1) is 0 Å². The molecule has 0 spiro atoms. The normalized spacial score (nSPS) is 12.0. The average Bonchev–Trinajstić information content (AvgIpc) is 1.63. The summed E-state index contributed by atoms with van der Waals surface area (Å²) in [5.74, 6) is 2.61. The Balaban J connectivity index is 3.07. The van der Waals surface area contributed by atoms with Crippen LogP contribution < -0.4 is 0 Å². The van der Waals surface area contributed by atoms with Crippen LogP contribution >= 0.6 is 11.8 Å². The summed E-state index contributed by atoms with van der Waals surface area (Å²) in [4.78, 5) is 0. The molecule has 0 N–H and O–H groups in total. The second kappa shape index (κ2) is 4.21. The smallest absolute Gasteiger partial charge is 0.00187 e. The van der Waals surface area contributed by atoms with Gasteiger partial charge in [-0.2, -0.15) is 11.8 Å². The number of thioether (sulfide) groups is 1. The van der Waals surface area contributed by atoms with Crippen molar-refractivity contribution in [2.75, 3.05) is 11.5 Å². The Kier molecular flexibility index (Phi) is 4.37. The van der Waals surface area contributed by atoms with Gasteiger partial charge in [0.1, 0.15) is 0 Å². The second-order valence-corrected chi connectivity index (χ2v) is 4.72. The van der Waals surface area contributed by atoms with Crippen molar-refractivity contribution in [2.24, 2.45) is 5.41 Å². The van der Waals surface area contributed by atoms with Crippen molar-refractivity contribution in [3.8, 4) is 0 Å². The highest BCUT2D eigenvalue weighted by atomic mass is 32.2. The first-order valence-corrected chi connectivity index (χ1v) is 4.79. The van der Waals surface area contributed by atoms with Crippen LogP contribution in [0.25, 0.3) is 0 Å². The van der Waals surface area contributed by atoms with Crippen LogP contribution in [0.3, 0.4) is 0 Å². The molecule has 0 unspecified atom stereocenters. The molecular formula is C8H18S. The van der Waals surface area contributed by atoms with Crippen LogP contribution in [0.2, 0.25) is 0 Å². The zero-order chi connectivity index (χ0) is 7.33. The zero-order valence-electron chi connectivity index (χ0n) is 7.03. The van der Waals surface area contributed by atoms with Gasteiger partial charge in [-0.15, -0.1) is 0 Å². The quantitative estimate of drug-likeness (QED) is 0.551. The molecule has 0 bridgehead atoms. The maximum absolute atomic E-state index is 2.29. The molecular weight excluding hydrogens is 128 g/mol. The van der Waals surface area contributed by atoms with Gasteiger partial charge < -0.3 is 0 Å². The first-order valence-electron chi connectivity index (χ1n) is 3.64. The van der Waals surface area contributed by atoms with E-state index in [0.29, 0.717) is 5.41 Å². The van der Waals surface area contributed by atoms with E-state index in [9.17, 15) is 0 Å². The summed E-state index contributed by atoms with van der Waals surface area (Å²) in [6.45, 7) is 9.09. The van der Waals surface area contributed by atoms with Gasteiger partial charge in [-0.25, -0.2) is 0 Å². The number of hydrogen-bond donors (Lipinski definition) is 0. The topological polar surface area (TPSA) is 0 Å². The summed E-state index contributed by atoms with van der Waals surface area (Å²) in [6.07, 6.45) is 1.31. The average molecular weight is 146 g/mol. The molecule has 0 saturated heterocycles.